The number of hydrogen-bond acceptors (Lipinski definition) is 5. The summed E-state index contributed by atoms with van der Waals surface area (Å²) in [5, 5.41) is 2.22. The quantitative estimate of drug-likeness (QED) is 0.733. The molecule has 9 heteroatoms. The van der Waals surface area contributed by atoms with Gasteiger partial charge in [-0.25, -0.2) is 8.42 Å². The summed E-state index contributed by atoms with van der Waals surface area (Å²) in [7, 11) is -3.41. The largest absolute Gasteiger partial charge is 0.322 e. The molecule has 0 spiro atoms. The van der Waals surface area contributed by atoms with Crippen molar-refractivity contribution < 1.29 is 22.8 Å². The maximum Gasteiger partial charge on any atom is 0.256 e. The van der Waals surface area contributed by atoms with Crippen LogP contribution < -0.4 is 5.32 Å². The van der Waals surface area contributed by atoms with Crippen molar-refractivity contribution in [1.29, 1.82) is 0 Å². The molecule has 1 saturated heterocycles. The molecule has 1 aromatic carbocycles. The van der Waals surface area contributed by atoms with E-state index in [0.717, 1.165) is 6.26 Å². The van der Waals surface area contributed by atoms with E-state index < -0.39 is 21.8 Å². The number of carbonyl (C=O) groups excluding carboxylic acids is 3. The number of imide groups is 1. The molecule has 2 aliphatic rings. The van der Waals surface area contributed by atoms with Crippen molar-refractivity contribution >= 4 is 43.5 Å². The molecular weight excluding hydrogens is 388 g/mol. The fourth-order valence-electron chi connectivity index (χ4n) is 2.84. The van der Waals surface area contributed by atoms with Gasteiger partial charge < -0.3 is 4.90 Å². The Morgan fingerprint density at radius 2 is 1.96 bits per heavy atom. The van der Waals surface area contributed by atoms with E-state index >= 15 is 0 Å². The van der Waals surface area contributed by atoms with Crippen molar-refractivity contribution in [3.63, 3.8) is 0 Å². The van der Waals surface area contributed by atoms with Crippen LogP contribution in [0, 0.1) is 0 Å². The molecule has 2 aliphatic heterocycles. The number of amides is 3. The van der Waals surface area contributed by atoms with Crippen LogP contribution in [-0.2, 0) is 26.0 Å². The van der Waals surface area contributed by atoms with Gasteiger partial charge in [-0.15, -0.1) is 0 Å². The van der Waals surface area contributed by atoms with Gasteiger partial charge in [0.25, 0.3) is 5.91 Å². The van der Waals surface area contributed by atoms with E-state index in [9.17, 15) is 22.8 Å². The lowest BCUT2D eigenvalue weighted by Crippen LogP contribution is -2.52. The molecule has 23 heavy (non-hydrogen) atoms. The van der Waals surface area contributed by atoms with Crippen LogP contribution in [-0.4, -0.2) is 43.3 Å². The molecule has 0 aliphatic carbocycles. The topological polar surface area (TPSA) is 101 Å². The molecule has 122 valence electrons. The standard InChI is InChI=1S/C14H13BrN2O5S/c1-23(21,22)8-4-7-6-17(14(20)12(7)9(15)5-8)10-2-3-11(18)16-13(10)19/h4-5,10H,2-3,6H2,1H3,(H,16,18,19). The first-order valence-corrected chi connectivity index (χ1v) is 9.54. The van der Waals surface area contributed by atoms with Gasteiger partial charge in [0.2, 0.25) is 11.8 Å². The monoisotopic (exact) mass is 400 g/mol. The number of rotatable bonds is 2. The van der Waals surface area contributed by atoms with E-state index in [1.54, 1.807) is 0 Å². The molecule has 2 heterocycles. The highest BCUT2D eigenvalue weighted by atomic mass is 79.9. The number of fused-ring (bicyclic) bond motifs is 1. The summed E-state index contributed by atoms with van der Waals surface area (Å²) < 4.78 is 23.8. The van der Waals surface area contributed by atoms with Gasteiger partial charge >= 0.3 is 0 Å². The molecule has 0 saturated carbocycles. The van der Waals surface area contributed by atoms with Crippen molar-refractivity contribution in [2.24, 2.45) is 0 Å². The molecule has 0 aromatic heterocycles. The Labute approximate surface area is 141 Å². The molecule has 1 N–H and O–H groups in total. The Hall–Kier alpha value is -1.74. The second kappa shape index (κ2) is 5.41. The zero-order valence-corrected chi connectivity index (χ0v) is 14.5. The highest BCUT2D eigenvalue weighted by molar-refractivity contribution is 9.10. The lowest BCUT2D eigenvalue weighted by molar-refractivity contribution is -0.136. The van der Waals surface area contributed by atoms with Crippen LogP contribution in [0.1, 0.15) is 28.8 Å². The van der Waals surface area contributed by atoms with Gasteiger partial charge in [-0.1, -0.05) is 0 Å². The molecule has 0 radical (unpaired) electrons. The summed E-state index contributed by atoms with van der Waals surface area (Å²) in [6, 6.07) is 2.13. The SMILES string of the molecule is CS(=O)(=O)c1cc(Br)c2c(c1)CN(C1CCC(=O)NC1=O)C2=O. The number of carbonyl (C=O) groups is 3. The van der Waals surface area contributed by atoms with Crippen LogP contribution >= 0.6 is 15.9 Å². The summed E-state index contributed by atoms with van der Waals surface area (Å²) in [5.74, 6) is -1.20. The van der Waals surface area contributed by atoms with Crippen molar-refractivity contribution in [2.75, 3.05) is 6.26 Å². The third-order valence-electron chi connectivity index (χ3n) is 3.98. The van der Waals surface area contributed by atoms with E-state index in [1.807, 2.05) is 0 Å². The van der Waals surface area contributed by atoms with Gasteiger partial charge in [0.05, 0.1) is 10.5 Å². The van der Waals surface area contributed by atoms with Gasteiger partial charge in [-0.3, -0.25) is 19.7 Å². The van der Waals surface area contributed by atoms with Crippen LogP contribution in [0.4, 0.5) is 0 Å². The molecule has 0 bridgehead atoms. The van der Waals surface area contributed by atoms with Crippen molar-refractivity contribution in [1.82, 2.24) is 10.2 Å². The predicted octanol–water partition coefficient (Wildman–Crippen LogP) is 0.614. The predicted molar refractivity (Wildman–Crippen MR) is 83.3 cm³/mol. The number of halogens is 1. The van der Waals surface area contributed by atoms with Crippen molar-refractivity contribution in [3.8, 4) is 0 Å². The number of nitrogens with one attached hydrogen (secondary N) is 1. The fraction of sp³-hybridized carbons (Fsp3) is 0.357. The van der Waals surface area contributed by atoms with Gasteiger partial charge in [0.1, 0.15) is 6.04 Å². The fourth-order valence-corrected chi connectivity index (χ4v) is 4.36. The van der Waals surface area contributed by atoms with Crippen LogP contribution in [0.3, 0.4) is 0 Å². The maximum absolute atomic E-state index is 12.6. The first-order chi connectivity index (χ1) is 10.7. The van der Waals surface area contributed by atoms with Crippen molar-refractivity contribution in [2.45, 2.75) is 30.3 Å². The normalized spacial score (nSPS) is 21.4. The molecular formula is C14H13BrN2O5S. The summed E-state index contributed by atoms with van der Waals surface area (Å²) >= 11 is 3.24. The summed E-state index contributed by atoms with van der Waals surface area (Å²) in [6.07, 6.45) is 1.53. The Morgan fingerprint density at radius 3 is 2.57 bits per heavy atom. The Kier molecular flexibility index (Phi) is 3.80. The first kappa shape index (κ1) is 16.1. The minimum absolute atomic E-state index is 0.112. The minimum Gasteiger partial charge on any atom is -0.322 e. The Bertz CT molecular complexity index is 849. The van der Waals surface area contributed by atoms with E-state index in [0.29, 0.717) is 15.6 Å². The molecule has 1 fully saturated rings. The Morgan fingerprint density at radius 1 is 1.26 bits per heavy atom. The molecule has 1 atom stereocenters. The highest BCUT2D eigenvalue weighted by Gasteiger charge is 2.40. The van der Waals surface area contributed by atoms with Crippen LogP contribution in [0.15, 0.2) is 21.5 Å². The van der Waals surface area contributed by atoms with Crippen molar-refractivity contribution in [3.05, 3.63) is 27.7 Å². The third-order valence-corrected chi connectivity index (χ3v) is 5.69. The third kappa shape index (κ3) is 2.78. The number of hydrogen-bond donors (Lipinski definition) is 1. The molecule has 1 aromatic rings. The molecule has 3 amide bonds. The zero-order valence-electron chi connectivity index (χ0n) is 12.1. The number of sulfone groups is 1. The highest BCUT2D eigenvalue weighted by Crippen LogP contribution is 2.34. The molecule has 1 unspecified atom stereocenters. The average Bonchev–Trinajstić information content (AvgIpc) is 2.75. The van der Waals surface area contributed by atoms with Crippen LogP contribution in [0.2, 0.25) is 0 Å². The van der Waals surface area contributed by atoms with Gasteiger partial charge in [-0.05, 0) is 40.0 Å². The van der Waals surface area contributed by atoms with Crippen LogP contribution in [0.5, 0.6) is 0 Å². The second-order valence-electron chi connectivity index (χ2n) is 5.61. The minimum atomic E-state index is -3.41. The van der Waals surface area contributed by atoms with Gasteiger partial charge in [-0.2, -0.15) is 0 Å². The van der Waals surface area contributed by atoms with Gasteiger partial charge in [0, 0.05) is 23.7 Å². The Balaban J connectivity index is 1.98. The summed E-state index contributed by atoms with van der Waals surface area (Å²) in [6.45, 7) is 0.141. The summed E-state index contributed by atoms with van der Waals surface area (Å²) in [4.78, 5) is 37.3. The summed E-state index contributed by atoms with van der Waals surface area (Å²) in [5.41, 5.74) is 0.914. The number of benzene rings is 1. The number of piperidine rings is 1. The van der Waals surface area contributed by atoms with E-state index in [1.165, 1.54) is 17.0 Å². The van der Waals surface area contributed by atoms with Gasteiger partial charge in [0.15, 0.2) is 9.84 Å². The average molecular weight is 401 g/mol. The smallest absolute Gasteiger partial charge is 0.256 e. The second-order valence-corrected chi connectivity index (χ2v) is 8.48. The van der Waals surface area contributed by atoms with Crippen LogP contribution in [0.25, 0.3) is 0 Å². The molecule has 7 nitrogen and oxygen atoms in total. The van der Waals surface area contributed by atoms with E-state index in [4.69, 9.17) is 0 Å². The maximum atomic E-state index is 12.6. The lowest BCUT2D eigenvalue weighted by atomic mass is 10.0. The zero-order chi connectivity index (χ0) is 16.9. The first-order valence-electron chi connectivity index (χ1n) is 6.85. The van der Waals surface area contributed by atoms with E-state index in [-0.39, 0.29) is 36.1 Å². The molecule has 3 rings (SSSR count). The lowest BCUT2D eigenvalue weighted by Gasteiger charge is -2.29. The number of nitrogens with zero attached hydrogens (tertiary/aromatic N) is 1. The van der Waals surface area contributed by atoms with E-state index in [2.05, 4.69) is 21.2 Å².